The molecule has 0 N–H and O–H groups in total. The Hall–Kier alpha value is -2.93. The highest BCUT2D eigenvalue weighted by Crippen LogP contribution is 2.38. The quantitative estimate of drug-likeness (QED) is 0.359. The van der Waals surface area contributed by atoms with E-state index in [1.54, 1.807) is 0 Å². The van der Waals surface area contributed by atoms with E-state index in [-0.39, 0.29) is 0 Å². The maximum Gasteiger partial charge on any atom is 0.0722 e. The highest BCUT2D eigenvalue weighted by molar-refractivity contribution is 6.10. The zero-order valence-corrected chi connectivity index (χ0v) is 12.0. The number of nitrogens with zero attached hydrogens (tertiary/aromatic N) is 1. The smallest absolute Gasteiger partial charge is 0.0722 e. The van der Waals surface area contributed by atoms with Crippen molar-refractivity contribution < 1.29 is 0 Å². The van der Waals surface area contributed by atoms with E-state index in [0.717, 1.165) is 11.0 Å². The Morgan fingerprint density at radius 1 is 0.500 bits per heavy atom. The minimum absolute atomic E-state index is 1.08. The normalized spacial score (nSPS) is 11.6. The van der Waals surface area contributed by atoms with Crippen LogP contribution in [0.4, 0.5) is 0 Å². The van der Waals surface area contributed by atoms with Crippen molar-refractivity contribution in [3.63, 3.8) is 0 Å². The van der Waals surface area contributed by atoms with E-state index >= 15 is 0 Å². The summed E-state index contributed by atoms with van der Waals surface area (Å²) < 4.78 is 0. The van der Waals surface area contributed by atoms with Crippen molar-refractivity contribution in [2.45, 2.75) is 0 Å². The monoisotopic (exact) mass is 279 g/mol. The average Bonchev–Trinajstić information content (AvgIpc) is 2.80. The van der Waals surface area contributed by atoms with Gasteiger partial charge in [0.1, 0.15) is 0 Å². The molecule has 0 radical (unpaired) electrons. The van der Waals surface area contributed by atoms with Gasteiger partial charge in [0, 0.05) is 10.8 Å². The summed E-state index contributed by atoms with van der Waals surface area (Å²) in [6.07, 6.45) is 0. The number of pyridine rings is 1. The van der Waals surface area contributed by atoms with E-state index in [9.17, 15) is 0 Å². The van der Waals surface area contributed by atoms with Crippen LogP contribution in [-0.4, -0.2) is 4.98 Å². The summed E-state index contributed by atoms with van der Waals surface area (Å²) in [4.78, 5) is 4.89. The predicted octanol–water partition coefficient (Wildman–Crippen LogP) is 5.60. The molecule has 0 spiro atoms. The Balaban J connectivity index is 1.96. The van der Waals surface area contributed by atoms with Crippen molar-refractivity contribution in [3.05, 3.63) is 78.9 Å². The molecule has 0 aliphatic heterocycles. The minimum atomic E-state index is 1.08. The van der Waals surface area contributed by atoms with Crippen molar-refractivity contribution in [1.29, 1.82) is 0 Å². The molecule has 1 heteroatoms. The van der Waals surface area contributed by atoms with Gasteiger partial charge in [-0.3, -0.25) is 0 Å². The molecule has 0 aromatic carbocycles. The summed E-state index contributed by atoms with van der Waals surface area (Å²) >= 11 is 0. The lowest BCUT2D eigenvalue weighted by Gasteiger charge is -1.97. The Labute approximate surface area is 128 Å². The molecule has 0 saturated heterocycles. The van der Waals surface area contributed by atoms with Crippen LogP contribution in [0.15, 0.2) is 78.9 Å². The number of fused-ring (bicyclic) bond motifs is 6. The van der Waals surface area contributed by atoms with Gasteiger partial charge in [-0.15, -0.1) is 0 Å². The van der Waals surface area contributed by atoms with Crippen LogP contribution in [0.1, 0.15) is 0 Å². The summed E-state index contributed by atoms with van der Waals surface area (Å²) in [5, 5.41) is 2.47. The lowest BCUT2D eigenvalue weighted by Crippen LogP contribution is -1.75. The summed E-state index contributed by atoms with van der Waals surface area (Å²) in [6.45, 7) is 0. The van der Waals surface area contributed by atoms with Gasteiger partial charge in [-0.05, 0) is 40.5 Å². The third-order valence-electron chi connectivity index (χ3n) is 4.39. The molecule has 5 rings (SSSR count). The maximum atomic E-state index is 4.89. The van der Waals surface area contributed by atoms with E-state index in [2.05, 4.69) is 78.9 Å². The molecule has 4 aliphatic carbocycles. The summed E-state index contributed by atoms with van der Waals surface area (Å²) in [5.74, 6) is 0. The first-order valence-corrected chi connectivity index (χ1v) is 7.50. The lowest BCUT2D eigenvalue weighted by atomic mass is 10.1. The maximum absolute atomic E-state index is 4.89. The van der Waals surface area contributed by atoms with Gasteiger partial charge in [0.15, 0.2) is 0 Å². The van der Waals surface area contributed by atoms with Crippen molar-refractivity contribution in [2.24, 2.45) is 0 Å². The van der Waals surface area contributed by atoms with Crippen molar-refractivity contribution >= 4 is 21.8 Å². The number of rotatable bonds is 0. The second kappa shape index (κ2) is 4.28. The number of aromatic nitrogens is 1. The van der Waals surface area contributed by atoms with Crippen LogP contribution in [0.25, 0.3) is 44.1 Å². The van der Waals surface area contributed by atoms with E-state index in [1.165, 1.54) is 33.0 Å². The van der Waals surface area contributed by atoms with E-state index < -0.39 is 0 Å². The highest BCUT2D eigenvalue weighted by atomic mass is 14.7. The first-order chi connectivity index (χ1) is 10.9. The van der Waals surface area contributed by atoms with Gasteiger partial charge in [-0.1, -0.05) is 60.7 Å². The molecule has 0 fully saturated rings. The molecular weight excluding hydrogens is 266 g/mol. The highest BCUT2D eigenvalue weighted by Gasteiger charge is 2.14. The molecule has 22 heavy (non-hydrogen) atoms. The van der Waals surface area contributed by atoms with Crippen molar-refractivity contribution in [1.82, 2.24) is 4.98 Å². The van der Waals surface area contributed by atoms with E-state index in [0.29, 0.717) is 0 Å². The lowest BCUT2D eigenvalue weighted by molar-refractivity contribution is 1.54. The van der Waals surface area contributed by atoms with Crippen LogP contribution in [-0.2, 0) is 0 Å². The molecule has 1 aromatic heterocycles. The van der Waals surface area contributed by atoms with E-state index in [4.69, 9.17) is 4.98 Å². The van der Waals surface area contributed by atoms with Gasteiger partial charge in [0.05, 0.1) is 11.0 Å². The minimum Gasteiger partial charge on any atom is -0.248 e. The topological polar surface area (TPSA) is 12.9 Å². The fourth-order valence-corrected chi connectivity index (χ4v) is 3.35. The molecule has 1 heterocycles. The largest absolute Gasteiger partial charge is 0.248 e. The third-order valence-corrected chi connectivity index (χ3v) is 4.39. The van der Waals surface area contributed by atoms with Crippen LogP contribution >= 0.6 is 0 Å². The van der Waals surface area contributed by atoms with Crippen LogP contribution < -0.4 is 0 Å². The predicted molar refractivity (Wildman–Crippen MR) is 92.5 cm³/mol. The van der Waals surface area contributed by atoms with Gasteiger partial charge in [-0.25, -0.2) is 4.98 Å². The molecule has 1 nitrogen and oxygen atoms in total. The molecule has 0 saturated carbocycles. The zero-order valence-electron chi connectivity index (χ0n) is 12.0. The summed E-state index contributed by atoms with van der Waals surface area (Å²) in [6, 6.07) is 27.8. The fourth-order valence-electron chi connectivity index (χ4n) is 3.35. The van der Waals surface area contributed by atoms with Crippen LogP contribution in [0.3, 0.4) is 0 Å². The molecule has 4 aliphatic rings. The first-order valence-electron chi connectivity index (χ1n) is 7.50. The van der Waals surface area contributed by atoms with Crippen molar-refractivity contribution in [2.75, 3.05) is 0 Å². The van der Waals surface area contributed by atoms with Gasteiger partial charge in [-0.2, -0.15) is 0 Å². The molecule has 0 amide bonds. The first kappa shape index (κ1) is 11.7. The number of hydrogen-bond acceptors (Lipinski definition) is 1. The van der Waals surface area contributed by atoms with Crippen LogP contribution in [0.2, 0.25) is 0 Å². The third kappa shape index (κ3) is 1.57. The van der Waals surface area contributed by atoms with Crippen LogP contribution in [0.5, 0.6) is 0 Å². The molecular formula is C21H13N. The molecule has 102 valence electrons. The standard InChI is InChI=1S/C21H13N/c1-3-7-14-11-20-18(16(14)9-5-1)13-19-17-10-6-2-4-8-15(17)12-21(19)22-20/h1-13H. The molecule has 0 unspecified atom stereocenters. The van der Waals surface area contributed by atoms with Gasteiger partial charge < -0.3 is 0 Å². The molecule has 0 bridgehead atoms. The average molecular weight is 279 g/mol. The Morgan fingerprint density at radius 2 is 1.00 bits per heavy atom. The Bertz CT molecular complexity index is 993. The van der Waals surface area contributed by atoms with Gasteiger partial charge in [0.2, 0.25) is 0 Å². The van der Waals surface area contributed by atoms with Crippen LogP contribution in [0, 0.1) is 0 Å². The molecule has 0 atom stereocenters. The van der Waals surface area contributed by atoms with Gasteiger partial charge in [0.25, 0.3) is 0 Å². The van der Waals surface area contributed by atoms with E-state index in [1.807, 2.05) is 0 Å². The van der Waals surface area contributed by atoms with Crippen molar-refractivity contribution in [3.8, 4) is 22.3 Å². The number of hydrogen-bond donors (Lipinski definition) is 0. The second-order valence-electron chi connectivity index (χ2n) is 5.70. The second-order valence-corrected chi connectivity index (χ2v) is 5.70. The Morgan fingerprint density at radius 3 is 1.55 bits per heavy atom. The molecule has 1 aromatic rings. The summed E-state index contributed by atoms with van der Waals surface area (Å²) in [7, 11) is 0. The summed E-state index contributed by atoms with van der Waals surface area (Å²) in [5.41, 5.74) is 7.18. The van der Waals surface area contributed by atoms with Gasteiger partial charge >= 0.3 is 0 Å². The zero-order chi connectivity index (χ0) is 14.5. The fraction of sp³-hybridized carbons (Fsp3) is 0. The SMILES string of the molecule is c1ccc2cc3nc4cc5cccccc-5c4cc3c-2cc1. The Kier molecular flexibility index (Phi) is 2.28.